The van der Waals surface area contributed by atoms with Gasteiger partial charge in [-0.3, -0.25) is 0 Å². The maximum Gasteiger partial charge on any atom is 0.559 e. The maximum atomic E-state index is 6.25. The summed E-state index contributed by atoms with van der Waals surface area (Å²) >= 11 is 0. The van der Waals surface area contributed by atoms with Crippen LogP contribution >= 0.6 is 0 Å². The zero-order valence-electron chi connectivity index (χ0n) is 46.9. The molecule has 3 rings (SSSR count). The average molecular weight is 1200 g/mol. The third kappa shape index (κ3) is 43.7. The number of benzene rings is 1. The molecule has 11 nitrogen and oxygen atoms in total. The average Bonchev–Trinajstić information content (AvgIpc) is 3.13. The molecule has 0 saturated carbocycles. The molecule has 2 heterocycles. The zero-order valence-corrected chi connectivity index (χ0v) is 62.2. The maximum absolute atomic E-state index is 6.25. The van der Waals surface area contributed by atoms with Gasteiger partial charge in [-0.25, -0.2) is 0 Å². The van der Waals surface area contributed by atoms with Gasteiger partial charge < -0.3 is 45.9 Å². The van der Waals surface area contributed by atoms with E-state index in [9.17, 15) is 0 Å². The molecular weight excluding hydrogens is 1090 g/mol. The minimum Gasteiger partial charge on any atom is -0.442 e. The lowest BCUT2D eigenvalue weighted by atomic mass is 10.3. The molecule has 0 aromatic heterocycles. The molecule has 0 radical (unpaired) electrons. The highest BCUT2D eigenvalue weighted by molar-refractivity contribution is 6.89. The van der Waals surface area contributed by atoms with Gasteiger partial charge in [0.1, 0.15) is 0 Å². The first-order valence-electron chi connectivity index (χ1n) is 25.0. The van der Waals surface area contributed by atoms with Gasteiger partial charge in [-0.05, 0) is 186 Å². The van der Waals surface area contributed by atoms with Crippen LogP contribution in [0.15, 0.2) is 30.3 Å². The first-order valence-corrected chi connectivity index (χ1v) is 62.0. The summed E-state index contributed by atoms with van der Waals surface area (Å²) in [6.45, 7) is 53.9. The Morgan fingerprint density at radius 2 is 1.00 bits per heavy atom. The fourth-order valence-corrected chi connectivity index (χ4v) is 48.8. The van der Waals surface area contributed by atoms with Crippen molar-refractivity contribution in [3.8, 4) is 12.0 Å². The second-order valence-electron chi connectivity index (χ2n) is 21.7. The minimum absolute atomic E-state index is 0. The summed E-state index contributed by atoms with van der Waals surface area (Å²) in [5.74, 6) is 0. The quantitative estimate of drug-likeness (QED) is 0.0921. The third-order valence-electron chi connectivity index (χ3n) is 8.59. The van der Waals surface area contributed by atoms with E-state index in [1.807, 2.05) is 0 Å². The Balaban J connectivity index is -0.000000183. The Kier molecular flexibility index (Phi) is 42.4. The van der Waals surface area contributed by atoms with Gasteiger partial charge in [0.15, 0.2) is 79.2 Å². The summed E-state index contributed by atoms with van der Waals surface area (Å²) in [4.78, 5) is 0. The highest BCUT2D eigenvalue weighted by atomic mass is 28.5. The summed E-state index contributed by atoms with van der Waals surface area (Å²) in [6, 6.07) is 14.5. The van der Waals surface area contributed by atoms with Gasteiger partial charge in [-0.1, -0.05) is 65.0 Å². The van der Waals surface area contributed by atoms with E-state index in [0.29, 0.717) is 0 Å². The first kappa shape index (κ1) is 75.9. The molecule has 0 bridgehead atoms. The van der Waals surface area contributed by atoms with Crippen LogP contribution in [0.5, 0.6) is 0 Å². The normalized spacial score (nSPS) is 18.2. The Bertz CT molecular complexity index is 1400. The van der Waals surface area contributed by atoms with Crippen LogP contribution in [-0.4, -0.2) is 137 Å². The summed E-state index contributed by atoms with van der Waals surface area (Å²) < 4.78 is 65.7. The van der Waals surface area contributed by atoms with Crippen molar-refractivity contribution in [3.05, 3.63) is 30.3 Å². The molecule has 0 spiro atoms. The minimum atomic E-state index is -2.82. The van der Waals surface area contributed by atoms with E-state index in [1.165, 1.54) is 43.0 Å². The highest BCUT2D eigenvalue weighted by Crippen LogP contribution is 2.22. The molecule has 25 heteroatoms. The molecule has 1 aromatic carbocycles. The van der Waals surface area contributed by atoms with Crippen molar-refractivity contribution in [1.82, 2.24) is 0 Å². The molecule has 2 aliphatic rings. The number of terminal acetylenes is 1. The van der Waals surface area contributed by atoms with E-state index in [0.717, 1.165) is 19.3 Å². The van der Waals surface area contributed by atoms with Crippen LogP contribution in [-0.2, 0) is 45.9 Å². The Morgan fingerprint density at radius 1 is 0.574 bits per heavy atom. The highest BCUT2D eigenvalue weighted by Gasteiger charge is 2.45. The van der Waals surface area contributed by atoms with Crippen LogP contribution in [0.25, 0.3) is 0 Å². The van der Waals surface area contributed by atoms with E-state index in [-0.39, 0.29) is 17.7 Å². The molecule has 0 N–H and O–H groups in total. The monoisotopic (exact) mass is 1200 g/mol. The van der Waals surface area contributed by atoms with E-state index in [2.05, 4.69) is 193 Å². The zero-order chi connectivity index (χ0) is 51.6. The molecule has 0 amide bonds. The van der Waals surface area contributed by atoms with Crippen LogP contribution in [0.3, 0.4) is 0 Å². The molecule has 2 aliphatic heterocycles. The van der Waals surface area contributed by atoms with Crippen LogP contribution in [0.1, 0.15) is 50.3 Å². The van der Waals surface area contributed by atoms with Crippen molar-refractivity contribution in [2.45, 2.75) is 216 Å². The van der Waals surface area contributed by atoms with Crippen molar-refractivity contribution in [2.24, 2.45) is 0 Å². The lowest BCUT2D eigenvalue weighted by Crippen LogP contribution is -2.55. The predicted molar refractivity (Wildman–Crippen MR) is 339 cm³/mol. The van der Waals surface area contributed by atoms with E-state index >= 15 is 0 Å². The van der Waals surface area contributed by atoms with E-state index < -0.39 is 124 Å². The summed E-state index contributed by atoms with van der Waals surface area (Å²) in [7, 11) is -20.6. The van der Waals surface area contributed by atoms with Crippen molar-refractivity contribution in [1.29, 1.82) is 0 Å². The Labute approximate surface area is 446 Å². The lowest BCUT2D eigenvalue weighted by molar-refractivity contribution is 0.273. The van der Waals surface area contributed by atoms with Gasteiger partial charge in [-0.2, -0.15) is 0 Å². The Hall–Kier alpha value is 1.38. The SMILES string of the molecule is C.C.C#C[Si](O[SiH](C)C)(O[SiH](C)C)O[Si](C)(C)C.CC[Si](C)(O[SiH](C)O[SiH](C)C)O[Si](C)(C)C.C[SiH](C)O[Si](C)(O[SiH](C)C)O[Si](C)(C)C.C[SiH]1CCCCO1.[HH].[HH].c1ccc([SiH]2CCCCO2)cc1. The molecule has 2 fully saturated rings. The van der Waals surface area contributed by atoms with E-state index in [4.69, 9.17) is 52.3 Å². The van der Waals surface area contributed by atoms with Gasteiger partial charge in [0, 0.05) is 22.6 Å². The molecule has 0 aliphatic carbocycles. The molecule has 4 unspecified atom stereocenters. The number of hydrogen-bond acceptors (Lipinski definition) is 11. The fourth-order valence-electron chi connectivity index (χ4n) is 6.85. The van der Waals surface area contributed by atoms with Crippen LogP contribution in [0.2, 0.25) is 169 Å². The van der Waals surface area contributed by atoms with Crippen molar-refractivity contribution >= 4 is 129 Å². The Morgan fingerprint density at radius 3 is 1.29 bits per heavy atom. The van der Waals surface area contributed by atoms with Crippen LogP contribution in [0, 0.1) is 12.0 Å². The molecular formula is C43H116O11Si14. The molecule has 410 valence electrons. The smallest absolute Gasteiger partial charge is 0.442 e. The summed E-state index contributed by atoms with van der Waals surface area (Å²) in [5.41, 5.74) is 2.71. The number of rotatable bonds is 20. The van der Waals surface area contributed by atoms with Gasteiger partial charge in [0.2, 0.25) is 9.04 Å². The topological polar surface area (TPSA) is 102 Å². The standard InChI is InChI=1S/C10H14OSi.C9H28O3Si4.C9H24O3Si4.C8H26O3Si4.C5H12OSi.2CH4.2H2/c1-2-6-10(7-3-1)12-9-5-4-8-11-12;1-9-16(8,12-15(5,6)7)11-14(4)10-13(2)3;1-9-16(10-13(2)3,11-14(4)5)12-15(6,7)8;1-12(2)9-15(8,10-13(3)4)11-14(5,6)7;1-7-5-3-2-4-6-7;;;;/h1-3,6-7,12H,4-5,8-9H2;13-14H,9H2,1-8H3;1,13-14H,2-8H3;12-13H,1-8H3;7H,2-5H2,1H3;2*1H4;2*1H. The molecule has 68 heavy (non-hydrogen) atoms. The first-order chi connectivity index (χ1) is 30.1. The van der Waals surface area contributed by atoms with Crippen molar-refractivity contribution in [3.63, 3.8) is 0 Å². The summed E-state index contributed by atoms with van der Waals surface area (Å²) in [6.07, 6.45) is 11.0. The van der Waals surface area contributed by atoms with Gasteiger partial charge in [0.05, 0.1) is 0 Å². The van der Waals surface area contributed by atoms with Crippen molar-refractivity contribution < 1.29 is 48.7 Å². The van der Waals surface area contributed by atoms with Gasteiger partial charge in [-0.15, -0.1) is 6.42 Å². The van der Waals surface area contributed by atoms with Gasteiger partial charge in [0.25, 0.3) is 9.28 Å². The lowest BCUT2D eigenvalue weighted by Gasteiger charge is -2.35. The number of hydrogen-bond donors (Lipinski definition) is 0. The van der Waals surface area contributed by atoms with Crippen LogP contribution < -0.4 is 5.19 Å². The molecule has 4 atom stereocenters. The summed E-state index contributed by atoms with van der Waals surface area (Å²) in [5, 5.41) is 1.47. The predicted octanol–water partition coefficient (Wildman–Crippen LogP) is 11.5. The molecule has 2 saturated heterocycles. The second kappa shape index (κ2) is 38.0. The van der Waals surface area contributed by atoms with Crippen LogP contribution in [0.4, 0.5) is 0 Å². The van der Waals surface area contributed by atoms with E-state index in [1.54, 1.807) is 0 Å². The third-order valence-corrected chi connectivity index (χ3v) is 47.1. The molecule has 1 aromatic rings. The van der Waals surface area contributed by atoms with Gasteiger partial charge >= 0.3 is 26.2 Å². The van der Waals surface area contributed by atoms with Crippen molar-refractivity contribution in [2.75, 3.05) is 13.2 Å². The fraction of sp³-hybridized carbons (Fsp3) is 0.814. The largest absolute Gasteiger partial charge is 0.559 e. The second-order valence-corrected chi connectivity index (χ2v) is 65.4.